The van der Waals surface area contributed by atoms with E-state index in [-0.39, 0.29) is 11.2 Å². The van der Waals surface area contributed by atoms with Crippen molar-refractivity contribution in [3.05, 3.63) is 75.9 Å². The highest BCUT2D eigenvalue weighted by Gasteiger charge is 2.21. The zero-order valence-electron chi connectivity index (χ0n) is 13.7. The number of ketones is 1. The molecule has 0 saturated carbocycles. The van der Waals surface area contributed by atoms with Crippen molar-refractivity contribution in [1.82, 2.24) is 0 Å². The molecule has 0 radical (unpaired) electrons. The van der Waals surface area contributed by atoms with Gasteiger partial charge in [-0.1, -0.05) is 50.3 Å². The van der Waals surface area contributed by atoms with Gasteiger partial charge in [0.2, 0.25) is 0 Å². The summed E-state index contributed by atoms with van der Waals surface area (Å²) in [5.74, 6) is 0.101. The third-order valence-electron chi connectivity index (χ3n) is 4.54. The second-order valence-corrected chi connectivity index (χ2v) is 7.04. The predicted octanol–water partition coefficient (Wildman–Crippen LogP) is 5.13. The number of allylic oxidation sites excluding steroid dienone is 1. The molecule has 0 bridgehead atoms. The van der Waals surface area contributed by atoms with Crippen molar-refractivity contribution in [2.75, 3.05) is 0 Å². The number of fused-ring (bicyclic) bond motifs is 1. The molecule has 1 aliphatic carbocycles. The van der Waals surface area contributed by atoms with Gasteiger partial charge in [0, 0.05) is 11.1 Å². The Morgan fingerprint density at radius 1 is 0.955 bits per heavy atom. The third kappa shape index (κ3) is 2.76. The van der Waals surface area contributed by atoms with Gasteiger partial charge in [0.1, 0.15) is 0 Å². The maximum absolute atomic E-state index is 12.7. The fraction of sp³-hybridized carbons (Fsp3) is 0.286. The lowest BCUT2D eigenvalue weighted by molar-refractivity contribution is 0.103. The predicted molar refractivity (Wildman–Crippen MR) is 92.3 cm³/mol. The summed E-state index contributed by atoms with van der Waals surface area (Å²) in [6.45, 7) is 8.58. The summed E-state index contributed by atoms with van der Waals surface area (Å²) in [7, 11) is 0. The van der Waals surface area contributed by atoms with Crippen LogP contribution in [0.5, 0.6) is 0 Å². The molecule has 22 heavy (non-hydrogen) atoms. The molecule has 1 nitrogen and oxygen atoms in total. The standard InChI is InChI=1S/C21H22O/c1-14-5-6-17(11-15(14)2)20(22)18-7-8-19-13-21(3,4)10-9-16(19)12-18/h5-12H,13H2,1-4H3. The second kappa shape index (κ2) is 5.24. The number of benzene rings is 2. The van der Waals surface area contributed by atoms with Crippen molar-refractivity contribution in [1.29, 1.82) is 0 Å². The van der Waals surface area contributed by atoms with Crippen LogP contribution in [-0.2, 0) is 6.42 Å². The summed E-state index contributed by atoms with van der Waals surface area (Å²) in [6.07, 6.45) is 5.41. The molecule has 3 rings (SSSR count). The average Bonchev–Trinajstić information content (AvgIpc) is 2.48. The number of aryl methyl sites for hydroxylation is 2. The van der Waals surface area contributed by atoms with E-state index in [1.165, 1.54) is 16.7 Å². The molecule has 0 fully saturated rings. The summed E-state index contributed by atoms with van der Waals surface area (Å²) in [6, 6.07) is 12.0. The van der Waals surface area contributed by atoms with Crippen molar-refractivity contribution < 1.29 is 4.79 Å². The first-order chi connectivity index (χ1) is 10.4. The lowest BCUT2D eigenvalue weighted by atomic mass is 9.79. The number of carbonyl (C=O) groups excluding carboxylic acids is 1. The fourth-order valence-corrected chi connectivity index (χ4v) is 2.97. The molecule has 0 aromatic heterocycles. The van der Waals surface area contributed by atoms with Gasteiger partial charge in [-0.25, -0.2) is 0 Å². The lowest BCUT2D eigenvalue weighted by Crippen LogP contribution is -2.16. The van der Waals surface area contributed by atoms with Gasteiger partial charge in [-0.05, 0) is 60.1 Å². The Balaban J connectivity index is 1.96. The average molecular weight is 290 g/mol. The van der Waals surface area contributed by atoms with Crippen LogP contribution in [0.25, 0.3) is 6.08 Å². The first-order valence-electron chi connectivity index (χ1n) is 7.80. The first-order valence-corrected chi connectivity index (χ1v) is 7.80. The normalized spacial score (nSPS) is 15.5. The van der Waals surface area contributed by atoms with E-state index >= 15 is 0 Å². The minimum Gasteiger partial charge on any atom is -0.289 e. The van der Waals surface area contributed by atoms with Crippen LogP contribution in [0.1, 0.15) is 52.0 Å². The number of hydrogen-bond donors (Lipinski definition) is 0. The largest absolute Gasteiger partial charge is 0.289 e. The van der Waals surface area contributed by atoms with E-state index in [4.69, 9.17) is 0 Å². The molecular weight excluding hydrogens is 268 g/mol. The van der Waals surface area contributed by atoms with E-state index in [2.05, 4.69) is 39.0 Å². The van der Waals surface area contributed by atoms with E-state index < -0.39 is 0 Å². The van der Waals surface area contributed by atoms with Gasteiger partial charge < -0.3 is 0 Å². The van der Waals surface area contributed by atoms with Crippen LogP contribution in [-0.4, -0.2) is 5.78 Å². The Labute approximate surface area is 132 Å². The van der Waals surface area contributed by atoms with Crippen LogP contribution in [0.4, 0.5) is 0 Å². The molecule has 0 amide bonds. The van der Waals surface area contributed by atoms with E-state index in [1.807, 2.05) is 37.3 Å². The van der Waals surface area contributed by atoms with Gasteiger partial charge in [-0.15, -0.1) is 0 Å². The number of hydrogen-bond acceptors (Lipinski definition) is 1. The van der Waals surface area contributed by atoms with Crippen LogP contribution < -0.4 is 0 Å². The second-order valence-electron chi connectivity index (χ2n) is 7.04. The van der Waals surface area contributed by atoms with Crippen LogP contribution in [0.3, 0.4) is 0 Å². The molecule has 0 N–H and O–H groups in total. The van der Waals surface area contributed by atoms with E-state index in [0.717, 1.165) is 23.1 Å². The molecule has 2 aromatic carbocycles. The molecule has 0 aliphatic heterocycles. The summed E-state index contributed by atoms with van der Waals surface area (Å²) in [5.41, 5.74) is 6.61. The lowest BCUT2D eigenvalue weighted by Gasteiger charge is -2.26. The minimum atomic E-state index is 0.101. The Bertz CT molecular complexity index is 778. The molecule has 0 heterocycles. The van der Waals surface area contributed by atoms with E-state index in [1.54, 1.807) is 0 Å². The molecule has 1 heteroatoms. The zero-order valence-corrected chi connectivity index (χ0v) is 13.7. The minimum absolute atomic E-state index is 0.101. The van der Waals surface area contributed by atoms with Gasteiger partial charge in [-0.2, -0.15) is 0 Å². The van der Waals surface area contributed by atoms with Gasteiger partial charge in [-0.3, -0.25) is 4.79 Å². The van der Waals surface area contributed by atoms with Crippen LogP contribution in [0.15, 0.2) is 42.5 Å². The molecule has 0 unspecified atom stereocenters. The maximum Gasteiger partial charge on any atom is 0.193 e. The molecule has 0 saturated heterocycles. The highest BCUT2D eigenvalue weighted by molar-refractivity contribution is 6.09. The molecule has 112 valence electrons. The molecular formula is C21H22O. The van der Waals surface area contributed by atoms with Crippen LogP contribution >= 0.6 is 0 Å². The van der Waals surface area contributed by atoms with Gasteiger partial charge >= 0.3 is 0 Å². The van der Waals surface area contributed by atoms with Crippen molar-refractivity contribution >= 4 is 11.9 Å². The van der Waals surface area contributed by atoms with Crippen LogP contribution in [0.2, 0.25) is 0 Å². The Morgan fingerprint density at radius 2 is 1.64 bits per heavy atom. The number of rotatable bonds is 2. The van der Waals surface area contributed by atoms with Gasteiger partial charge in [0.15, 0.2) is 5.78 Å². The highest BCUT2D eigenvalue weighted by atomic mass is 16.1. The van der Waals surface area contributed by atoms with Crippen molar-refractivity contribution in [3.8, 4) is 0 Å². The molecule has 0 spiro atoms. The topological polar surface area (TPSA) is 17.1 Å². The van der Waals surface area contributed by atoms with Gasteiger partial charge in [0.25, 0.3) is 0 Å². The molecule has 2 aromatic rings. The van der Waals surface area contributed by atoms with E-state index in [9.17, 15) is 4.79 Å². The van der Waals surface area contributed by atoms with E-state index in [0.29, 0.717) is 0 Å². The van der Waals surface area contributed by atoms with Gasteiger partial charge in [0.05, 0.1) is 0 Å². The Hall–Kier alpha value is -2.15. The fourth-order valence-electron chi connectivity index (χ4n) is 2.97. The van der Waals surface area contributed by atoms with Crippen molar-refractivity contribution in [2.45, 2.75) is 34.1 Å². The summed E-state index contributed by atoms with van der Waals surface area (Å²) < 4.78 is 0. The smallest absolute Gasteiger partial charge is 0.193 e. The van der Waals surface area contributed by atoms with Crippen LogP contribution in [0, 0.1) is 19.3 Å². The summed E-state index contributed by atoms with van der Waals surface area (Å²) in [5, 5.41) is 0. The third-order valence-corrected chi connectivity index (χ3v) is 4.54. The molecule has 1 aliphatic rings. The Morgan fingerprint density at radius 3 is 2.36 bits per heavy atom. The summed E-state index contributed by atoms with van der Waals surface area (Å²) in [4.78, 5) is 12.7. The zero-order chi connectivity index (χ0) is 15.9. The van der Waals surface area contributed by atoms with Crippen molar-refractivity contribution in [2.24, 2.45) is 5.41 Å². The Kier molecular flexibility index (Phi) is 3.52. The first kappa shape index (κ1) is 14.8. The molecule has 0 atom stereocenters. The number of carbonyl (C=O) groups is 1. The highest BCUT2D eigenvalue weighted by Crippen LogP contribution is 2.32. The van der Waals surface area contributed by atoms with Crippen molar-refractivity contribution in [3.63, 3.8) is 0 Å². The monoisotopic (exact) mass is 290 g/mol. The SMILES string of the molecule is Cc1ccc(C(=O)c2ccc3c(c2)C=CC(C)(C)C3)cc1C. The maximum atomic E-state index is 12.7. The quantitative estimate of drug-likeness (QED) is 0.701. The summed E-state index contributed by atoms with van der Waals surface area (Å²) >= 11 is 0.